The zero-order chi connectivity index (χ0) is 15.1. The minimum absolute atomic E-state index is 0.689. The number of aromatic nitrogens is 3. The summed E-state index contributed by atoms with van der Waals surface area (Å²) in [7, 11) is 0. The molecule has 0 aromatic carbocycles. The van der Waals surface area contributed by atoms with Gasteiger partial charge in [-0.15, -0.1) is 11.3 Å². The molecule has 0 bridgehead atoms. The van der Waals surface area contributed by atoms with Gasteiger partial charge < -0.3 is 5.43 Å². The number of pyridine rings is 1. The summed E-state index contributed by atoms with van der Waals surface area (Å²) in [6.45, 7) is 2.22. The van der Waals surface area contributed by atoms with Crippen molar-refractivity contribution in [2.24, 2.45) is 5.84 Å². The average Bonchev–Trinajstić information content (AvgIpc) is 2.93. The number of hydrogen-bond donors (Lipinski definition) is 2. The molecule has 0 saturated heterocycles. The van der Waals surface area contributed by atoms with Gasteiger partial charge in [-0.1, -0.05) is 13.3 Å². The Balaban J connectivity index is 2.10. The smallest absolute Gasteiger partial charge is 0.161 e. The van der Waals surface area contributed by atoms with E-state index in [1.54, 1.807) is 17.7 Å². The fraction of sp³-hybridized carbons (Fsp3) is 0.438. The Morgan fingerprint density at radius 3 is 2.82 bits per heavy atom. The highest BCUT2D eigenvalue weighted by molar-refractivity contribution is 7.26. The summed E-state index contributed by atoms with van der Waals surface area (Å²) in [5, 5.41) is 1.23. The first-order valence-electron chi connectivity index (χ1n) is 7.88. The van der Waals surface area contributed by atoms with E-state index in [1.165, 1.54) is 35.0 Å². The maximum atomic E-state index is 5.60. The van der Waals surface area contributed by atoms with Gasteiger partial charge >= 0.3 is 0 Å². The van der Waals surface area contributed by atoms with Gasteiger partial charge in [0.25, 0.3) is 0 Å². The second-order valence-corrected chi connectivity index (χ2v) is 6.80. The lowest BCUT2D eigenvalue weighted by Gasteiger charge is -2.19. The van der Waals surface area contributed by atoms with Gasteiger partial charge in [-0.2, -0.15) is 0 Å². The van der Waals surface area contributed by atoms with Crippen molar-refractivity contribution < 1.29 is 0 Å². The molecule has 0 aliphatic heterocycles. The highest BCUT2D eigenvalue weighted by Gasteiger charge is 2.22. The highest BCUT2D eigenvalue weighted by atomic mass is 32.1. The molecule has 6 heteroatoms. The molecule has 0 radical (unpaired) electrons. The van der Waals surface area contributed by atoms with Crippen LogP contribution >= 0.6 is 11.3 Å². The number of hydrazine groups is 1. The average molecular weight is 313 g/mol. The van der Waals surface area contributed by atoms with Crippen LogP contribution in [0.3, 0.4) is 0 Å². The third-order valence-electron chi connectivity index (χ3n) is 4.43. The van der Waals surface area contributed by atoms with E-state index < -0.39 is 0 Å². The molecule has 3 aromatic rings. The van der Waals surface area contributed by atoms with Gasteiger partial charge in [0.05, 0.1) is 10.2 Å². The molecule has 1 aliphatic carbocycles. The lowest BCUT2D eigenvalue weighted by molar-refractivity contribution is 0.675. The topological polar surface area (TPSA) is 76.7 Å². The third-order valence-corrected chi connectivity index (χ3v) is 5.51. The Hall–Kier alpha value is -1.79. The second-order valence-electron chi connectivity index (χ2n) is 5.80. The fourth-order valence-electron chi connectivity index (χ4n) is 3.48. The van der Waals surface area contributed by atoms with Gasteiger partial charge in [0.2, 0.25) is 0 Å². The number of nitrogens with zero attached hydrogens (tertiary/aromatic N) is 3. The van der Waals surface area contributed by atoms with E-state index in [9.17, 15) is 0 Å². The lowest BCUT2D eigenvalue weighted by atomic mass is 9.88. The largest absolute Gasteiger partial charge is 0.307 e. The first kappa shape index (κ1) is 13.8. The van der Waals surface area contributed by atoms with Crippen LogP contribution in [0, 0.1) is 0 Å². The van der Waals surface area contributed by atoms with Crippen molar-refractivity contribution in [1.82, 2.24) is 15.0 Å². The maximum Gasteiger partial charge on any atom is 0.161 e. The molecule has 0 fully saturated rings. The zero-order valence-corrected chi connectivity index (χ0v) is 13.5. The summed E-state index contributed by atoms with van der Waals surface area (Å²) in [4.78, 5) is 14.8. The molecule has 1 aliphatic rings. The number of nitrogen functional groups attached to an aromatic ring is 1. The minimum Gasteiger partial charge on any atom is -0.307 e. The van der Waals surface area contributed by atoms with Crippen LogP contribution in [0.4, 0.5) is 5.82 Å². The van der Waals surface area contributed by atoms with Crippen molar-refractivity contribution in [3.63, 3.8) is 0 Å². The van der Waals surface area contributed by atoms with Crippen molar-refractivity contribution in [2.45, 2.75) is 45.4 Å². The van der Waals surface area contributed by atoms with Crippen LogP contribution in [0.2, 0.25) is 0 Å². The van der Waals surface area contributed by atoms with Crippen LogP contribution in [-0.2, 0) is 19.3 Å². The molecular weight excluding hydrogens is 294 g/mol. The van der Waals surface area contributed by atoms with Crippen LogP contribution in [-0.4, -0.2) is 15.0 Å². The molecule has 0 amide bonds. The molecule has 0 unspecified atom stereocenters. The number of nitrogens with two attached hydrogens (primary N) is 1. The van der Waals surface area contributed by atoms with Crippen LogP contribution in [0.1, 0.15) is 43.0 Å². The normalized spacial score (nSPS) is 14.5. The van der Waals surface area contributed by atoms with E-state index >= 15 is 0 Å². The number of aryl methyl sites for hydroxylation is 2. The van der Waals surface area contributed by atoms with Crippen LogP contribution in [0.5, 0.6) is 0 Å². The molecule has 4 rings (SSSR count). The van der Waals surface area contributed by atoms with Crippen molar-refractivity contribution in [3.8, 4) is 0 Å². The molecule has 3 aromatic heterocycles. The maximum absolute atomic E-state index is 5.60. The molecule has 114 valence electrons. The fourth-order valence-corrected chi connectivity index (χ4v) is 4.62. The Labute approximate surface area is 133 Å². The van der Waals surface area contributed by atoms with E-state index in [2.05, 4.69) is 22.3 Å². The van der Waals surface area contributed by atoms with Gasteiger partial charge in [0.1, 0.15) is 11.2 Å². The lowest BCUT2D eigenvalue weighted by Crippen LogP contribution is -2.09. The Morgan fingerprint density at radius 2 is 2.05 bits per heavy atom. The molecule has 3 heterocycles. The summed E-state index contributed by atoms with van der Waals surface area (Å²) >= 11 is 1.65. The third kappa shape index (κ3) is 1.98. The molecule has 0 spiro atoms. The number of fused-ring (bicyclic) bond motifs is 5. The Kier molecular flexibility index (Phi) is 3.43. The number of anilines is 1. The Bertz CT molecular complexity index is 855. The monoisotopic (exact) mass is 313 g/mol. The van der Waals surface area contributed by atoms with Gasteiger partial charge in [0.15, 0.2) is 5.82 Å². The Morgan fingerprint density at radius 1 is 1.23 bits per heavy atom. The molecular formula is C16H19N5S. The minimum atomic E-state index is 0.689. The first-order valence-corrected chi connectivity index (χ1v) is 8.69. The predicted molar refractivity (Wildman–Crippen MR) is 91.2 cm³/mol. The predicted octanol–water partition coefficient (Wildman–Crippen LogP) is 3.36. The standard InChI is InChI=1S/C16H19N5S/c1-2-5-11-9-6-3-4-7-10(9)12-13-14(22-16(12)20-11)15(21-17)19-8-18-13/h8H,2-7,17H2,1H3,(H,18,19,21). The van der Waals surface area contributed by atoms with Crippen molar-refractivity contribution >= 4 is 37.6 Å². The molecule has 0 atom stereocenters. The number of hydrogen-bond acceptors (Lipinski definition) is 6. The van der Waals surface area contributed by atoms with Crippen LogP contribution in [0.15, 0.2) is 6.33 Å². The van der Waals surface area contributed by atoms with Gasteiger partial charge in [-0.3, -0.25) is 0 Å². The SMILES string of the molecule is CCCc1nc2sc3c(NN)ncnc3c2c2c1CCCC2. The van der Waals surface area contributed by atoms with Gasteiger partial charge in [0, 0.05) is 11.1 Å². The number of nitrogens with one attached hydrogen (secondary N) is 1. The van der Waals surface area contributed by atoms with Gasteiger partial charge in [-0.25, -0.2) is 20.8 Å². The van der Waals surface area contributed by atoms with Crippen molar-refractivity contribution in [2.75, 3.05) is 5.43 Å². The van der Waals surface area contributed by atoms with E-state index in [-0.39, 0.29) is 0 Å². The number of thiophene rings is 1. The molecule has 3 N–H and O–H groups in total. The van der Waals surface area contributed by atoms with Gasteiger partial charge in [-0.05, 0) is 43.2 Å². The van der Waals surface area contributed by atoms with Crippen molar-refractivity contribution in [1.29, 1.82) is 0 Å². The highest BCUT2D eigenvalue weighted by Crippen LogP contribution is 2.40. The van der Waals surface area contributed by atoms with E-state index in [4.69, 9.17) is 10.8 Å². The van der Waals surface area contributed by atoms with Crippen molar-refractivity contribution in [3.05, 3.63) is 23.1 Å². The van der Waals surface area contributed by atoms with E-state index in [1.807, 2.05) is 0 Å². The van der Waals surface area contributed by atoms with Crippen LogP contribution in [0.25, 0.3) is 20.4 Å². The molecule has 5 nitrogen and oxygen atoms in total. The first-order chi connectivity index (χ1) is 10.8. The molecule has 0 saturated carbocycles. The summed E-state index contributed by atoms with van der Waals surface area (Å²) in [5.41, 5.74) is 7.90. The second kappa shape index (κ2) is 5.44. The summed E-state index contributed by atoms with van der Waals surface area (Å²) < 4.78 is 1.01. The summed E-state index contributed by atoms with van der Waals surface area (Å²) in [6.07, 6.45) is 8.57. The summed E-state index contributed by atoms with van der Waals surface area (Å²) in [6, 6.07) is 0. The quantitative estimate of drug-likeness (QED) is 0.573. The molecule has 22 heavy (non-hydrogen) atoms. The zero-order valence-electron chi connectivity index (χ0n) is 12.6. The number of rotatable bonds is 3. The van der Waals surface area contributed by atoms with E-state index in [0.29, 0.717) is 5.82 Å². The van der Waals surface area contributed by atoms with Crippen LogP contribution < -0.4 is 11.3 Å². The summed E-state index contributed by atoms with van der Waals surface area (Å²) in [5.74, 6) is 6.29. The van der Waals surface area contributed by atoms with E-state index in [0.717, 1.165) is 40.7 Å².